The summed E-state index contributed by atoms with van der Waals surface area (Å²) in [6.45, 7) is 6.83. The molecule has 1 heterocycles. The normalized spacial score (nSPS) is 12.3. The van der Waals surface area contributed by atoms with Gasteiger partial charge in [-0.05, 0) is 31.1 Å². The predicted octanol–water partition coefficient (Wildman–Crippen LogP) is 1.26. The van der Waals surface area contributed by atoms with Crippen molar-refractivity contribution in [3.8, 4) is 0 Å². The van der Waals surface area contributed by atoms with E-state index in [1.807, 2.05) is 19.9 Å². The molecular weight excluding hydrogens is 242 g/mol. The number of nitrogens with one attached hydrogen (secondary N) is 1. The summed E-state index contributed by atoms with van der Waals surface area (Å²) in [5.41, 5.74) is 0.713. The highest BCUT2D eigenvalue weighted by atomic mass is 16.5. The second-order valence-electron chi connectivity index (χ2n) is 4.65. The number of rotatable bonds is 5. The average molecular weight is 263 g/mol. The van der Waals surface area contributed by atoms with E-state index in [9.17, 15) is 10.0 Å². The van der Waals surface area contributed by atoms with E-state index >= 15 is 0 Å². The zero-order valence-electron chi connectivity index (χ0n) is 11.6. The van der Waals surface area contributed by atoms with Crippen molar-refractivity contribution in [3.63, 3.8) is 0 Å². The van der Waals surface area contributed by atoms with Crippen molar-refractivity contribution in [2.75, 3.05) is 13.1 Å². The molecule has 0 fully saturated rings. The molecule has 0 unspecified atom stereocenters. The van der Waals surface area contributed by atoms with Gasteiger partial charge in [-0.3, -0.25) is 9.79 Å². The molecule has 1 aromatic heterocycles. The van der Waals surface area contributed by atoms with Gasteiger partial charge in [0, 0.05) is 12.7 Å². The van der Waals surface area contributed by atoms with E-state index in [0.717, 1.165) is 10.1 Å². The highest BCUT2D eigenvalue weighted by Crippen LogP contribution is 1.92. The van der Waals surface area contributed by atoms with Crippen LogP contribution >= 0.6 is 0 Å². The van der Waals surface area contributed by atoms with Crippen LogP contribution < -0.4 is 10.7 Å². The molecule has 0 aromatic carbocycles. The van der Waals surface area contributed by atoms with Gasteiger partial charge in [-0.15, -0.1) is 0 Å². The Labute approximate surface area is 113 Å². The minimum Gasteiger partial charge on any atom is -0.429 e. The number of aryl methyl sites for hydroxylation is 1. The minimum atomic E-state index is -0.0960. The van der Waals surface area contributed by atoms with Gasteiger partial charge in [-0.2, -0.15) is 4.73 Å². The molecule has 0 aliphatic heterocycles. The van der Waals surface area contributed by atoms with Crippen molar-refractivity contribution in [2.45, 2.75) is 20.8 Å². The number of aromatic nitrogens is 1. The Balaban J connectivity index is 2.41. The summed E-state index contributed by atoms with van der Waals surface area (Å²) in [6.07, 6.45) is 4.94. The SMILES string of the molecule is Cc1cc(=NCCNC(=O)/C=C/C(C)C)ccn1O. The summed E-state index contributed by atoms with van der Waals surface area (Å²) < 4.78 is 1.04. The van der Waals surface area contributed by atoms with Gasteiger partial charge in [-0.1, -0.05) is 19.9 Å². The van der Waals surface area contributed by atoms with Crippen LogP contribution in [0.15, 0.2) is 35.5 Å². The van der Waals surface area contributed by atoms with Crippen LogP contribution in [0.4, 0.5) is 0 Å². The van der Waals surface area contributed by atoms with Crippen LogP contribution in [0.3, 0.4) is 0 Å². The summed E-state index contributed by atoms with van der Waals surface area (Å²) in [4.78, 5) is 15.7. The molecule has 2 N–H and O–H groups in total. The van der Waals surface area contributed by atoms with E-state index < -0.39 is 0 Å². The second kappa shape index (κ2) is 7.41. The van der Waals surface area contributed by atoms with Gasteiger partial charge in [0.1, 0.15) is 0 Å². The number of pyridine rings is 1. The highest BCUT2D eigenvalue weighted by molar-refractivity contribution is 5.87. The summed E-state index contributed by atoms with van der Waals surface area (Å²) in [5, 5.41) is 12.8. The largest absolute Gasteiger partial charge is 0.429 e. The predicted molar refractivity (Wildman–Crippen MR) is 73.8 cm³/mol. The quantitative estimate of drug-likeness (QED) is 0.477. The van der Waals surface area contributed by atoms with Gasteiger partial charge in [0.15, 0.2) is 0 Å². The molecule has 19 heavy (non-hydrogen) atoms. The van der Waals surface area contributed by atoms with Crippen LogP contribution in [0.2, 0.25) is 0 Å². The monoisotopic (exact) mass is 263 g/mol. The summed E-state index contributed by atoms with van der Waals surface area (Å²) in [6, 6.07) is 3.49. The van der Waals surface area contributed by atoms with Crippen molar-refractivity contribution in [1.29, 1.82) is 0 Å². The van der Waals surface area contributed by atoms with Crippen LogP contribution in [-0.2, 0) is 4.79 Å². The number of amides is 1. The van der Waals surface area contributed by atoms with Gasteiger partial charge < -0.3 is 10.5 Å². The fourth-order valence-electron chi connectivity index (χ4n) is 1.39. The molecule has 0 radical (unpaired) electrons. The number of hydrogen-bond donors (Lipinski definition) is 2. The molecule has 0 atom stereocenters. The molecular formula is C14H21N3O2. The maximum absolute atomic E-state index is 11.4. The first kappa shape index (κ1) is 15.0. The number of hydrogen-bond acceptors (Lipinski definition) is 3. The molecule has 0 saturated carbocycles. The Hall–Kier alpha value is -2.04. The Morgan fingerprint density at radius 2 is 2.32 bits per heavy atom. The van der Waals surface area contributed by atoms with Crippen molar-refractivity contribution in [1.82, 2.24) is 10.0 Å². The summed E-state index contributed by atoms with van der Waals surface area (Å²) in [7, 11) is 0. The Morgan fingerprint density at radius 3 is 2.95 bits per heavy atom. The van der Waals surface area contributed by atoms with E-state index in [1.165, 1.54) is 6.20 Å². The fraction of sp³-hybridized carbons (Fsp3) is 0.429. The van der Waals surface area contributed by atoms with Crippen LogP contribution in [0, 0.1) is 12.8 Å². The van der Waals surface area contributed by atoms with Crippen LogP contribution in [0.5, 0.6) is 0 Å². The molecule has 1 aromatic rings. The maximum Gasteiger partial charge on any atom is 0.243 e. The number of nitrogens with zero attached hydrogens (tertiary/aromatic N) is 2. The van der Waals surface area contributed by atoms with Crippen molar-refractivity contribution in [2.24, 2.45) is 10.9 Å². The van der Waals surface area contributed by atoms with E-state index in [0.29, 0.717) is 24.7 Å². The molecule has 1 amide bonds. The van der Waals surface area contributed by atoms with Gasteiger partial charge in [0.05, 0.1) is 17.6 Å². The van der Waals surface area contributed by atoms with E-state index in [4.69, 9.17) is 0 Å². The molecule has 0 spiro atoms. The third-order valence-electron chi connectivity index (χ3n) is 2.44. The lowest BCUT2D eigenvalue weighted by molar-refractivity contribution is -0.116. The van der Waals surface area contributed by atoms with E-state index in [1.54, 1.807) is 25.1 Å². The molecule has 0 saturated heterocycles. The second-order valence-corrected chi connectivity index (χ2v) is 4.65. The highest BCUT2D eigenvalue weighted by Gasteiger charge is 1.94. The molecule has 1 rings (SSSR count). The summed E-state index contributed by atoms with van der Waals surface area (Å²) >= 11 is 0. The van der Waals surface area contributed by atoms with Crippen molar-refractivity contribution in [3.05, 3.63) is 41.5 Å². The lowest BCUT2D eigenvalue weighted by Crippen LogP contribution is -2.24. The molecule has 5 heteroatoms. The first-order valence-electron chi connectivity index (χ1n) is 6.34. The third-order valence-corrected chi connectivity index (χ3v) is 2.44. The lowest BCUT2D eigenvalue weighted by atomic mass is 10.2. The number of carbonyl (C=O) groups excluding carboxylic acids is 1. The zero-order chi connectivity index (χ0) is 14.3. The summed E-state index contributed by atoms with van der Waals surface area (Å²) in [5.74, 6) is 0.272. The van der Waals surface area contributed by atoms with Gasteiger partial charge >= 0.3 is 0 Å². The molecule has 0 aliphatic carbocycles. The molecule has 5 nitrogen and oxygen atoms in total. The smallest absolute Gasteiger partial charge is 0.243 e. The molecule has 0 bridgehead atoms. The average Bonchev–Trinajstić information content (AvgIpc) is 2.36. The first-order chi connectivity index (χ1) is 8.99. The van der Waals surface area contributed by atoms with Crippen molar-refractivity contribution < 1.29 is 10.0 Å². The third kappa shape index (κ3) is 5.90. The number of allylic oxidation sites excluding steroid dienone is 1. The van der Waals surface area contributed by atoms with Crippen molar-refractivity contribution >= 4 is 5.91 Å². The standard InChI is InChI=1S/C14H21N3O2/c1-11(2)4-5-14(18)16-8-7-15-13-6-9-17(19)12(3)10-13/h4-6,9-11,19H,7-8H2,1-3H3,(H,16,18)/b5-4+,15-13?. The Bertz CT molecular complexity index is 516. The maximum atomic E-state index is 11.4. The number of carbonyl (C=O) groups is 1. The minimum absolute atomic E-state index is 0.0960. The molecule has 104 valence electrons. The zero-order valence-corrected chi connectivity index (χ0v) is 11.6. The van der Waals surface area contributed by atoms with Crippen LogP contribution in [0.1, 0.15) is 19.5 Å². The molecule has 0 aliphatic rings. The first-order valence-corrected chi connectivity index (χ1v) is 6.34. The topological polar surface area (TPSA) is 66.6 Å². The van der Waals surface area contributed by atoms with Gasteiger partial charge in [0.25, 0.3) is 0 Å². The van der Waals surface area contributed by atoms with Gasteiger partial charge in [0.2, 0.25) is 5.91 Å². The van der Waals surface area contributed by atoms with Crippen LogP contribution in [-0.4, -0.2) is 28.9 Å². The van der Waals surface area contributed by atoms with Crippen LogP contribution in [0.25, 0.3) is 0 Å². The Kier molecular flexibility index (Phi) is 5.85. The van der Waals surface area contributed by atoms with Gasteiger partial charge in [-0.25, -0.2) is 0 Å². The Morgan fingerprint density at radius 1 is 1.58 bits per heavy atom. The lowest BCUT2D eigenvalue weighted by Gasteiger charge is -2.01. The van der Waals surface area contributed by atoms with E-state index in [-0.39, 0.29) is 5.91 Å². The van der Waals surface area contributed by atoms with E-state index in [2.05, 4.69) is 10.3 Å². The fourth-order valence-corrected chi connectivity index (χ4v) is 1.39.